The first-order chi connectivity index (χ1) is 10.6. The number of carbonyl (C=O) groups excluding carboxylic acids is 1. The predicted octanol–water partition coefficient (Wildman–Crippen LogP) is 2.96. The zero-order valence-corrected chi connectivity index (χ0v) is 12.9. The van der Waals surface area contributed by atoms with Gasteiger partial charge in [0.1, 0.15) is 11.9 Å². The van der Waals surface area contributed by atoms with Gasteiger partial charge in [-0.2, -0.15) is 0 Å². The number of amides is 1. The highest BCUT2D eigenvalue weighted by atomic mass is 35.5. The lowest BCUT2D eigenvalue weighted by molar-refractivity contribution is -0.115. The van der Waals surface area contributed by atoms with Crippen molar-refractivity contribution < 1.29 is 9.53 Å². The fraction of sp³-hybridized carbons (Fsp3) is 0.250. The smallest absolute Gasteiger partial charge is 0.243 e. The van der Waals surface area contributed by atoms with Crippen molar-refractivity contribution in [1.82, 2.24) is 4.98 Å². The summed E-state index contributed by atoms with van der Waals surface area (Å²) in [5, 5.41) is 3.07. The highest BCUT2D eigenvalue weighted by molar-refractivity contribution is 6.32. The van der Waals surface area contributed by atoms with Crippen molar-refractivity contribution in [2.45, 2.75) is 13.0 Å². The van der Waals surface area contributed by atoms with Crippen LogP contribution in [0.4, 0.5) is 11.4 Å². The lowest BCUT2D eigenvalue weighted by Crippen LogP contribution is -2.42. The zero-order chi connectivity index (χ0) is 15.5. The number of hydrogen-bond donors (Lipinski definition) is 1. The molecule has 114 valence electrons. The number of hydrogen-bond acceptors (Lipinski definition) is 4. The van der Waals surface area contributed by atoms with E-state index in [0.717, 1.165) is 11.4 Å². The van der Waals surface area contributed by atoms with Crippen LogP contribution >= 0.6 is 11.6 Å². The minimum absolute atomic E-state index is 0.0321. The Morgan fingerprint density at radius 1 is 1.41 bits per heavy atom. The van der Waals surface area contributed by atoms with Gasteiger partial charge >= 0.3 is 0 Å². The molecule has 0 saturated heterocycles. The lowest BCUT2D eigenvalue weighted by atomic mass is 10.2. The summed E-state index contributed by atoms with van der Waals surface area (Å²) >= 11 is 5.96. The summed E-state index contributed by atoms with van der Waals surface area (Å²) in [6, 6.07) is 11.2. The van der Waals surface area contributed by atoms with Gasteiger partial charge in [0, 0.05) is 6.20 Å². The van der Waals surface area contributed by atoms with E-state index < -0.39 is 0 Å². The third-order valence-electron chi connectivity index (χ3n) is 3.38. The summed E-state index contributed by atoms with van der Waals surface area (Å²) < 4.78 is 5.78. The van der Waals surface area contributed by atoms with Gasteiger partial charge in [0.25, 0.3) is 0 Å². The van der Waals surface area contributed by atoms with Crippen molar-refractivity contribution in [3.05, 3.63) is 47.7 Å². The van der Waals surface area contributed by atoms with Gasteiger partial charge in [-0.05, 0) is 31.2 Å². The van der Waals surface area contributed by atoms with Crippen molar-refractivity contribution in [1.29, 1.82) is 0 Å². The molecular weight excluding hydrogens is 302 g/mol. The van der Waals surface area contributed by atoms with Gasteiger partial charge in [0.05, 0.1) is 24.5 Å². The summed E-state index contributed by atoms with van der Waals surface area (Å²) in [5.74, 6) is 0.660. The van der Waals surface area contributed by atoms with E-state index in [0.29, 0.717) is 12.2 Å². The molecule has 1 amide bonds. The molecular formula is C16H16ClN3O2. The number of pyridine rings is 1. The molecule has 3 rings (SSSR count). The van der Waals surface area contributed by atoms with Crippen molar-refractivity contribution in [3.63, 3.8) is 0 Å². The molecule has 2 heterocycles. The van der Waals surface area contributed by atoms with Crippen LogP contribution in [0.25, 0.3) is 0 Å². The molecule has 0 radical (unpaired) electrons. The first kappa shape index (κ1) is 14.7. The van der Waals surface area contributed by atoms with Gasteiger partial charge in [0.15, 0.2) is 5.15 Å². The summed E-state index contributed by atoms with van der Waals surface area (Å²) in [6.07, 6.45) is 1.61. The Balaban J connectivity index is 1.73. The number of benzene rings is 1. The SMILES string of the molecule is CC1CN(CC(=O)Nc2cccnc2Cl)c2ccccc2O1. The summed E-state index contributed by atoms with van der Waals surface area (Å²) in [7, 11) is 0. The van der Waals surface area contributed by atoms with E-state index in [2.05, 4.69) is 10.3 Å². The standard InChI is InChI=1S/C16H16ClN3O2/c1-11-9-20(13-6-2-3-7-14(13)22-11)10-15(21)19-12-5-4-8-18-16(12)17/h2-8,11H,9-10H2,1H3,(H,19,21). The number of anilines is 2. The monoisotopic (exact) mass is 317 g/mol. The van der Waals surface area contributed by atoms with Crippen LogP contribution in [0.15, 0.2) is 42.6 Å². The first-order valence-corrected chi connectivity index (χ1v) is 7.42. The minimum atomic E-state index is -0.140. The number of rotatable bonds is 3. The quantitative estimate of drug-likeness (QED) is 0.884. The third-order valence-corrected chi connectivity index (χ3v) is 3.68. The number of ether oxygens (including phenoxy) is 1. The minimum Gasteiger partial charge on any atom is -0.487 e. The highest BCUT2D eigenvalue weighted by Crippen LogP contribution is 2.32. The van der Waals surface area contributed by atoms with Gasteiger partial charge in [-0.1, -0.05) is 23.7 Å². The molecule has 0 aliphatic carbocycles. The van der Waals surface area contributed by atoms with Crippen LogP contribution in [0.5, 0.6) is 5.75 Å². The normalized spacial score (nSPS) is 16.6. The number of para-hydroxylation sites is 2. The van der Waals surface area contributed by atoms with E-state index in [1.807, 2.05) is 36.1 Å². The second-order valence-corrected chi connectivity index (χ2v) is 5.52. The molecule has 1 aliphatic rings. The highest BCUT2D eigenvalue weighted by Gasteiger charge is 2.24. The molecule has 5 nitrogen and oxygen atoms in total. The maximum absolute atomic E-state index is 12.3. The van der Waals surface area contributed by atoms with Crippen molar-refractivity contribution in [2.24, 2.45) is 0 Å². The molecule has 0 fully saturated rings. The molecule has 2 aromatic rings. The topological polar surface area (TPSA) is 54.5 Å². The molecule has 22 heavy (non-hydrogen) atoms. The Morgan fingerprint density at radius 3 is 3.05 bits per heavy atom. The largest absolute Gasteiger partial charge is 0.487 e. The second kappa shape index (κ2) is 6.23. The Hall–Kier alpha value is -2.27. The van der Waals surface area contributed by atoms with E-state index in [1.54, 1.807) is 18.3 Å². The fourth-order valence-electron chi connectivity index (χ4n) is 2.47. The summed E-state index contributed by atoms with van der Waals surface area (Å²) in [6.45, 7) is 2.87. The van der Waals surface area contributed by atoms with Crippen LogP contribution in [-0.2, 0) is 4.79 Å². The number of fused-ring (bicyclic) bond motifs is 1. The third kappa shape index (κ3) is 3.14. The van der Waals surface area contributed by atoms with Gasteiger partial charge < -0.3 is 15.0 Å². The maximum Gasteiger partial charge on any atom is 0.243 e. The molecule has 0 spiro atoms. The van der Waals surface area contributed by atoms with E-state index >= 15 is 0 Å². The molecule has 0 saturated carbocycles. The van der Waals surface area contributed by atoms with Crippen LogP contribution in [0, 0.1) is 0 Å². The summed E-state index contributed by atoms with van der Waals surface area (Å²) in [5.41, 5.74) is 1.44. The zero-order valence-electron chi connectivity index (χ0n) is 12.1. The van der Waals surface area contributed by atoms with Gasteiger partial charge in [-0.15, -0.1) is 0 Å². The second-order valence-electron chi connectivity index (χ2n) is 5.17. The van der Waals surface area contributed by atoms with Crippen molar-refractivity contribution >= 4 is 28.9 Å². The number of halogens is 1. The molecule has 0 bridgehead atoms. The lowest BCUT2D eigenvalue weighted by Gasteiger charge is -2.34. The van der Waals surface area contributed by atoms with Gasteiger partial charge in [-0.3, -0.25) is 4.79 Å². The van der Waals surface area contributed by atoms with E-state index in [9.17, 15) is 4.79 Å². The van der Waals surface area contributed by atoms with Gasteiger partial charge in [0.2, 0.25) is 5.91 Å². The average molecular weight is 318 g/mol. The van der Waals surface area contributed by atoms with Crippen LogP contribution in [0.3, 0.4) is 0 Å². The van der Waals surface area contributed by atoms with Crippen LogP contribution in [0.1, 0.15) is 6.92 Å². The van der Waals surface area contributed by atoms with E-state index in [4.69, 9.17) is 16.3 Å². The first-order valence-electron chi connectivity index (χ1n) is 7.04. The Labute approximate surface area is 133 Å². The van der Waals surface area contributed by atoms with E-state index in [1.165, 1.54) is 0 Å². The summed E-state index contributed by atoms with van der Waals surface area (Å²) in [4.78, 5) is 18.2. The van der Waals surface area contributed by atoms with Crippen LogP contribution in [0.2, 0.25) is 5.15 Å². The molecule has 1 atom stereocenters. The number of nitrogens with zero attached hydrogens (tertiary/aromatic N) is 2. The molecule has 1 aromatic heterocycles. The fourth-order valence-corrected chi connectivity index (χ4v) is 2.64. The Bertz CT molecular complexity index is 693. The molecule has 1 unspecified atom stereocenters. The number of nitrogens with one attached hydrogen (secondary N) is 1. The number of carbonyl (C=O) groups is 1. The Morgan fingerprint density at radius 2 is 2.23 bits per heavy atom. The molecule has 1 N–H and O–H groups in total. The van der Waals surface area contributed by atoms with E-state index in [-0.39, 0.29) is 23.7 Å². The molecule has 1 aliphatic heterocycles. The average Bonchev–Trinajstić information content (AvgIpc) is 2.49. The number of aromatic nitrogens is 1. The van der Waals surface area contributed by atoms with Crippen molar-refractivity contribution in [2.75, 3.05) is 23.3 Å². The Kier molecular flexibility index (Phi) is 4.15. The molecule has 1 aromatic carbocycles. The van der Waals surface area contributed by atoms with Gasteiger partial charge in [-0.25, -0.2) is 4.98 Å². The maximum atomic E-state index is 12.3. The predicted molar refractivity (Wildman–Crippen MR) is 86.6 cm³/mol. The van der Waals surface area contributed by atoms with Crippen LogP contribution < -0.4 is 15.0 Å². The molecule has 6 heteroatoms. The van der Waals surface area contributed by atoms with Crippen molar-refractivity contribution in [3.8, 4) is 5.75 Å². The van der Waals surface area contributed by atoms with Crippen LogP contribution in [-0.4, -0.2) is 30.1 Å².